The van der Waals surface area contributed by atoms with Crippen LogP contribution in [-0.4, -0.2) is 31.6 Å². The minimum Gasteiger partial charge on any atom is -0.493 e. The Bertz CT molecular complexity index is 868. The van der Waals surface area contributed by atoms with Gasteiger partial charge in [-0.05, 0) is 61.9 Å². The van der Waals surface area contributed by atoms with Crippen molar-refractivity contribution >= 4 is 17.9 Å². The fourth-order valence-corrected chi connectivity index (χ4v) is 2.27. The molecule has 0 bridgehead atoms. The van der Waals surface area contributed by atoms with Crippen molar-refractivity contribution in [3.05, 3.63) is 59.9 Å². The molecular weight excluding hydrogens is 379 g/mol. The Morgan fingerprint density at radius 2 is 1.83 bits per heavy atom. The highest BCUT2D eigenvalue weighted by atomic mass is 19.1. The first-order valence-corrected chi connectivity index (χ1v) is 8.94. The van der Waals surface area contributed by atoms with E-state index in [-0.39, 0.29) is 0 Å². The van der Waals surface area contributed by atoms with Gasteiger partial charge in [-0.25, -0.2) is 4.39 Å². The zero-order chi connectivity index (χ0) is 21.2. The zero-order valence-corrected chi connectivity index (χ0v) is 16.4. The molecule has 29 heavy (non-hydrogen) atoms. The average Bonchev–Trinajstić information content (AvgIpc) is 2.72. The third kappa shape index (κ3) is 6.84. The third-order valence-corrected chi connectivity index (χ3v) is 3.72. The molecule has 0 spiro atoms. The van der Waals surface area contributed by atoms with Gasteiger partial charge in [0, 0.05) is 6.08 Å². The van der Waals surface area contributed by atoms with Crippen LogP contribution in [0.3, 0.4) is 0 Å². The van der Waals surface area contributed by atoms with Crippen LogP contribution in [0.25, 0.3) is 6.08 Å². The quantitative estimate of drug-likeness (QED) is 0.524. The molecule has 2 rings (SSSR count). The fraction of sp³-hybridized carbons (Fsp3) is 0.238. The summed E-state index contributed by atoms with van der Waals surface area (Å²) in [6.45, 7) is 3.85. The first kappa shape index (κ1) is 21.7. The maximum Gasteiger partial charge on any atom is 0.279 e. The summed E-state index contributed by atoms with van der Waals surface area (Å²) in [4.78, 5) is 23.9. The van der Waals surface area contributed by atoms with Gasteiger partial charge in [0.15, 0.2) is 17.6 Å². The van der Waals surface area contributed by atoms with Crippen LogP contribution in [-0.2, 0) is 9.59 Å². The number of hydrogen-bond acceptors (Lipinski definition) is 5. The first-order chi connectivity index (χ1) is 13.9. The lowest BCUT2D eigenvalue weighted by Crippen LogP contribution is -2.46. The van der Waals surface area contributed by atoms with Crippen LogP contribution < -0.4 is 25.1 Å². The van der Waals surface area contributed by atoms with E-state index < -0.39 is 23.7 Å². The van der Waals surface area contributed by atoms with Gasteiger partial charge >= 0.3 is 0 Å². The zero-order valence-electron chi connectivity index (χ0n) is 16.4. The molecular formula is C21H23FN2O5. The number of hydrogen-bond donors (Lipinski definition) is 2. The average molecular weight is 402 g/mol. The van der Waals surface area contributed by atoms with Crippen LogP contribution in [0.1, 0.15) is 19.4 Å². The van der Waals surface area contributed by atoms with E-state index in [2.05, 4.69) is 10.9 Å². The summed E-state index contributed by atoms with van der Waals surface area (Å²) in [5.74, 6) is 0.0115. The van der Waals surface area contributed by atoms with Crippen molar-refractivity contribution in [2.24, 2.45) is 0 Å². The van der Waals surface area contributed by atoms with E-state index in [1.807, 2.05) is 6.92 Å². The number of ether oxygens (including phenoxy) is 3. The van der Waals surface area contributed by atoms with E-state index in [0.29, 0.717) is 23.9 Å². The molecule has 2 aromatic carbocycles. The molecule has 2 amide bonds. The standard InChI is InChI=1S/C21H23FN2O5/c1-4-28-19-13-15(5-11-18(19)27-3)6-12-20(25)23-24-21(26)14(2)29-17-9-7-16(22)8-10-17/h5-14H,4H2,1-3H3,(H,23,25)(H,24,26)/b12-6+/t14-/m1/s1. The van der Waals surface area contributed by atoms with Crippen molar-refractivity contribution in [2.75, 3.05) is 13.7 Å². The summed E-state index contributed by atoms with van der Waals surface area (Å²) < 4.78 is 29.0. The number of nitrogens with one attached hydrogen (secondary N) is 2. The van der Waals surface area contributed by atoms with Gasteiger partial charge in [0.2, 0.25) is 0 Å². The van der Waals surface area contributed by atoms with Crippen LogP contribution in [0.4, 0.5) is 4.39 Å². The van der Waals surface area contributed by atoms with E-state index in [9.17, 15) is 14.0 Å². The normalized spacial score (nSPS) is 11.6. The van der Waals surface area contributed by atoms with Gasteiger partial charge in [0.05, 0.1) is 13.7 Å². The highest BCUT2D eigenvalue weighted by Crippen LogP contribution is 2.28. The Morgan fingerprint density at radius 3 is 2.48 bits per heavy atom. The summed E-state index contributed by atoms with van der Waals surface area (Å²) in [7, 11) is 1.55. The van der Waals surface area contributed by atoms with Crippen molar-refractivity contribution in [3.8, 4) is 17.2 Å². The van der Waals surface area contributed by atoms with Crippen LogP contribution in [0.2, 0.25) is 0 Å². The van der Waals surface area contributed by atoms with Crippen molar-refractivity contribution < 1.29 is 28.2 Å². The monoisotopic (exact) mass is 402 g/mol. The smallest absolute Gasteiger partial charge is 0.279 e. The van der Waals surface area contributed by atoms with Crippen LogP contribution in [0.15, 0.2) is 48.5 Å². The molecule has 0 saturated heterocycles. The molecule has 2 aromatic rings. The first-order valence-electron chi connectivity index (χ1n) is 8.94. The Morgan fingerprint density at radius 1 is 1.10 bits per heavy atom. The van der Waals surface area contributed by atoms with E-state index in [1.54, 1.807) is 31.4 Å². The minimum atomic E-state index is -0.889. The van der Waals surface area contributed by atoms with Crippen LogP contribution >= 0.6 is 0 Å². The molecule has 0 heterocycles. The number of hydrazine groups is 1. The van der Waals surface area contributed by atoms with Crippen molar-refractivity contribution in [3.63, 3.8) is 0 Å². The lowest BCUT2D eigenvalue weighted by molar-refractivity contribution is -0.131. The number of carbonyl (C=O) groups excluding carboxylic acids is 2. The Labute approximate surface area is 168 Å². The molecule has 154 valence electrons. The second-order valence-electron chi connectivity index (χ2n) is 5.87. The predicted octanol–water partition coefficient (Wildman–Crippen LogP) is 2.86. The van der Waals surface area contributed by atoms with Gasteiger partial charge in [-0.15, -0.1) is 0 Å². The van der Waals surface area contributed by atoms with Crippen molar-refractivity contribution in [1.29, 1.82) is 0 Å². The lowest BCUT2D eigenvalue weighted by Gasteiger charge is -2.14. The maximum atomic E-state index is 12.9. The predicted molar refractivity (Wildman–Crippen MR) is 106 cm³/mol. The third-order valence-electron chi connectivity index (χ3n) is 3.72. The van der Waals surface area contributed by atoms with E-state index >= 15 is 0 Å². The molecule has 0 saturated carbocycles. The highest BCUT2D eigenvalue weighted by molar-refractivity contribution is 5.93. The van der Waals surface area contributed by atoms with E-state index in [0.717, 1.165) is 5.56 Å². The second kappa shape index (κ2) is 10.7. The van der Waals surface area contributed by atoms with Crippen LogP contribution in [0, 0.1) is 5.82 Å². The van der Waals surface area contributed by atoms with Gasteiger partial charge in [0.25, 0.3) is 11.8 Å². The van der Waals surface area contributed by atoms with Crippen molar-refractivity contribution in [2.45, 2.75) is 20.0 Å². The summed E-state index contributed by atoms with van der Waals surface area (Å²) in [6.07, 6.45) is 1.95. The summed E-state index contributed by atoms with van der Waals surface area (Å²) in [5.41, 5.74) is 5.26. The number of halogens is 1. The number of rotatable bonds is 8. The Kier molecular flexibility index (Phi) is 8.02. The van der Waals surface area contributed by atoms with E-state index in [1.165, 1.54) is 37.3 Å². The summed E-state index contributed by atoms with van der Waals surface area (Å²) in [6, 6.07) is 10.5. The molecule has 0 fully saturated rings. The SMILES string of the molecule is CCOc1cc(/C=C/C(=O)NNC(=O)[C@@H](C)Oc2ccc(F)cc2)ccc1OC. The Hall–Kier alpha value is -3.55. The second-order valence-corrected chi connectivity index (χ2v) is 5.87. The Balaban J connectivity index is 1.86. The summed E-state index contributed by atoms with van der Waals surface area (Å²) in [5, 5.41) is 0. The van der Waals surface area contributed by atoms with E-state index in [4.69, 9.17) is 14.2 Å². The number of amides is 2. The van der Waals surface area contributed by atoms with Gasteiger partial charge in [-0.1, -0.05) is 6.07 Å². The molecule has 8 heteroatoms. The minimum absolute atomic E-state index is 0.338. The summed E-state index contributed by atoms with van der Waals surface area (Å²) >= 11 is 0. The number of methoxy groups -OCH3 is 1. The fourth-order valence-electron chi connectivity index (χ4n) is 2.27. The molecule has 7 nitrogen and oxygen atoms in total. The molecule has 2 N–H and O–H groups in total. The number of carbonyl (C=O) groups is 2. The highest BCUT2D eigenvalue weighted by Gasteiger charge is 2.15. The molecule has 0 aliphatic heterocycles. The molecule has 0 unspecified atom stereocenters. The molecule has 1 atom stereocenters. The van der Waals surface area contributed by atoms with Gasteiger partial charge in [-0.3, -0.25) is 20.4 Å². The molecule has 0 radical (unpaired) electrons. The molecule has 0 aromatic heterocycles. The molecule has 0 aliphatic carbocycles. The van der Waals surface area contributed by atoms with Crippen molar-refractivity contribution in [1.82, 2.24) is 10.9 Å². The molecule has 0 aliphatic rings. The van der Waals surface area contributed by atoms with Gasteiger partial charge < -0.3 is 14.2 Å². The van der Waals surface area contributed by atoms with Crippen LogP contribution in [0.5, 0.6) is 17.2 Å². The number of benzene rings is 2. The maximum absolute atomic E-state index is 12.9. The lowest BCUT2D eigenvalue weighted by atomic mass is 10.2. The van der Waals surface area contributed by atoms with Gasteiger partial charge in [0.1, 0.15) is 11.6 Å². The topological polar surface area (TPSA) is 85.9 Å². The largest absolute Gasteiger partial charge is 0.493 e. The van der Waals surface area contributed by atoms with Gasteiger partial charge in [-0.2, -0.15) is 0 Å².